The zero-order chi connectivity index (χ0) is 16.3. The molecule has 0 aromatic heterocycles. The Morgan fingerprint density at radius 3 is 2.48 bits per heavy atom. The summed E-state index contributed by atoms with van der Waals surface area (Å²) in [5.41, 5.74) is 0.0451. The third kappa shape index (κ3) is 3.62. The largest absolute Gasteiger partial charge is 0.198 e. The van der Waals surface area contributed by atoms with Gasteiger partial charge in [-0.1, -0.05) is 46.0 Å². The summed E-state index contributed by atoms with van der Waals surface area (Å²) in [7, 11) is 0. The fourth-order valence-corrected chi connectivity index (χ4v) is 6.59. The van der Waals surface area contributed by atoms with Crippen LogP contribution in [-0.4, -0.2) is 0 Å². The number of unbranched alkanes of at least 4 members (excludes halogenated alkanes) is 1. The van der Waals surface area contributed by atoms with Crippen molar-refractivity contribution in [2.45, 2.75) is 97.3 Å². The molecule has 1 nitrogen and oxygen atoms in total. The third-order valence-corrected chi connectivity index (χ3v) is 7.77. The van der Waals surface area contributed by atoms with Crippen LogP contribution in [0.4, 0.5) is 0 Å². The number of fused-ring (bicyclic) bond motifs is 3. The fourth-order valence-electron chi connectivity index (χ4n) is 6.59. The standard InChI is InChI=1S/C22H37N/c1-3-5-12-22(16-23)13-11-21-19(15-22)9-8-18-14-17(6-4-2)7-10-20(18)21/h17-21H,3-15H2,1-2H3. The molecule has 1 heteroatoms. The summed E-state index contributed by atoms with van der Waals surface area (Å²) in [5.74, 6) is 4.93. The minimum Gasteiger partial charge on any atom is -0.198 e. The molecule has 23 heavy (non-hydrogen) atoms. The Labute approximate surface area is 144 Å². The van der Waals surface area contributed by atoms with Crippen LogP contribution in [0.3, 0.4) is 0 Å². The SMILES string of the molecule is CCCCC1(C#N)CCC2C(CCC3CC(CCC)CCC32)C1. The molecule has 130 valence electrons. The van der Waals surface area contributed by atoms with Gasteiger partial charge in [0.2, 0.25) is 0 Å². The van der Waals surface area contributed by atoms with Gasteiger partial charge < -0.3 is 0 Å². The lowest BCUT2D eigenvalue weighted by molar-refractivity contribution is -0.0179. The van der Waals surface area contributed by atoms with Crippen LogP contribution < -0.4 is 0 Å². The quantitative estimate of drug-likeness (QED) is 0.551. The summed E-state index contributed by atoms with van der Waals surface area (Å²) in [4.78, 5) is 0. The second-order valence-corrected chi connectivity index (χ2v) is 9.13. The summed E-state index contributed by atoms with van der Waals surface area (Å²) in [6, 6.07) is 2.78. The van der Waals surface area contributed by atoms with Crippen LogP contribution in [0.15, 0.2) is 0 Å². The molecule has 0 aromatic rings. The molecule has 0 heterocycles. The highest BCUT2D eigenvalue weighted by atomic mass is 14.5. The van der Waals surface area contributed by atoms with E-state index >= 15 is 0 Å². The van der Waals surface area contributed by atoms with Gasteiger partial charge in [-0.3, -0.25) is 0 Å². The van der Waals surface area contributed by atoms with E-state index in [1.165, 1.54) is 77.0 Å². The van der Waals surface area contributed by atoms with Crippen LogP contribution in [0, 0.1) is 46.3 Å². The van der Waals surface area contributed by atoms with E-state index in [1.807, 2.05) is 0 Å². The van der Waals surface area contributed by atoms with Gasteiger partial charge in [-0.05, 0) is 81.0 Å². The van der Waals surface area contributed by atoms with Crippen molar-refractivity contribution in [2.24, 2.45) is 35.0 Å². The van der Waals surface area contributed by atoms with Crippen molar-refractivity contribution in [1.29, 1.82) is 5.26 Å². The average Bonchev–Trinajstić information content (AvgIpc) is 2.59. The van der Waals surface area contributed by atoms with E-state index in [9.17, 15) is 5.26 Å². The van der Waals surface area contributed by atoms with E-state index in [2.05, 4.69) is 19.9 Å². The van der Waals surface area contributed by atoms with Gasteiger partial charge in [0.25, 0.3) is 0 Å². The topological polar surface area (TPSA) is 23.8 Å². The molecular formula is C22H37N. The van der Waals surface area contributed by atoms with Gasteiger partial charge in [0.1, 0.15) is 0 Å². The molecule has 0 saturated heterocycles. The zero-order valence-electron chi connectivity index (χ0n) is 15.5. The summed E-state index contributed by atoms with van der Waals surface area (Å²) < 4.78 is 0. The van der Waals surface area contributed by atoms with Crippen LogP contribution >= 0.6 is 0 Å². The number of rotatable bonds is 5. The predicted octanol–water partition coefficient (Wildman–Crippen LogP) is 6.73. The monoisotopic (exact) mass is 315 g/mol. The summed E-state index contributed by atoms with van der Waals surface area (Å²) >= 11 is 0. The molecule has 0 aliphatic heterocycles. The molecule has 3 aliphatic carbocycles. The van der Waals surface area contributed by atoms with E-state index in [-0.39, 0.29) is 5.41 Å². The Morgan fingerprint density at radius 2 is 1.74 bits per heavy atom. The highest BCUT2D eigenvalue weighted by Gasteiger charge is 2.48. The van der Waals surface area contributed by atoms with E-state index in [0.717, 1.165) is 36.0 Å². The molecule has 3 rings (SSSR count). The van der Waals surface area contributed by atoms with Crippen LogP contribution in [0.2, 0.25) is 0 Å². The van der Waals surface area contributed by atoms with E-state index in [4.69, 9.17) is 0 Å². The summed E-state index contributed by atoms with van der Waals surface area (Å²) in [6.45, 7) is 4.61. The smallest absolute Gasteiger partial charge is 0.0689 e. The Morgan fingerprint density at radius 1 is 0.957 bits per heavy atom. The van der Waals surface area contributed by atoms with Gasteiger partial charge in [0, 0.05) is 0 Å². The molecule has 6 atom stereocenters. The van der Waals surface area contributed by atoms with Crippen LogP contribution in [0.1, 0.15) is 97.3 Å². The predicted molar refractivity (Wildman–Crippen MR) is 96.9 cm³/mol. The van der Waals surface area contributed by atoms with Crippen molar-refractivity contribution in [1.82, 2.24) is 0 Å². The Kier molecular flexibility index (Phi) is 5.71. The van der Waals surface area contributed by atoms with Gasteiger partial charge in [-0.15, -0.1) is 0 Å². The Hall–Kier alpha value is -0.510. The molecule has 0 amide bonds. The molecule has 0 spiro atoms. The second kappa shape index (κ2) is 7.58. The second-order valence-electron chi connectivity index (χ2n) is 9.13. The maximum atomic E-state index is 9.83. The van der Waals surface area contributed by atoms with Crippen LogP contribution in [-0.2, 0) is 0 Å². The number of nitriles is 1. The lowest BCUT2D eigenvalue weighted by Gasteiger charge is -2.52. The molecule has 3 saturated carbocycles. The van der Waals surface area contributed by atoms with Crippen molar-refractivity contribution < 1.29 is 0 Å². The maximum absolute atomic E-state index is 9.83. The van der Waals surface area contributed by atoms with E-state index in [0.29, 0.717) is 0 Å². The first-order valence-electron chi connectivity index (χ1n) is 10.6. The van der Waals surface area contributed by atoms with Gasteiger partial charge in [-0.25, -0.2) is 0 Å². The third-order valence-electron chi connectivity index (χ3n) is 7.77. The molecule has 3 fully saturated rings. The molecule has 6 unspecified atom stereocenters. The first-order valence-corrected chi connectivity index (χ1v) is 10.6. The van der Waals surface area contributed by atoms with Crippen molar-refractivity contribution in [2.75, 3.05) is 0 Å². The first-order chi connectivity index (χ1) is 11.2. The van der Waals surface area contributed by atoms with Crippen LogP contribution in [0.5, 0.6) is 0 Å². The number of hydrogen-bond donors (Lipinski definition) is 0. The summed E-state index contributed by atoms with van der Waals surface area (Å²) in [5, 5.41) is 9.83. The molecule has 0 bridgehead atoms. The van der Waals surface area contributed by atoms with Gasteiger partial charge in [0.15, 0.2) is 0 Å². The minimum atomic E-state index is 0.0451. The maximum Gasteiger partial charge on any atom is 0.0689 e. The minimum absolute atomic E-state index is 0.0451. The molecular weight excluding hydrogens is 278 g/mol. The number of nitrogens with zero attached hydrogens (tertiary/aromatic N) is 1. The van der Waals surface area contributed by atoms with Crippen LogP contribution in [0.25, 0.3) is 0 Å². The van der Waals surface area contributed by atoms with Crippen molar-refractivity contribution in [3.05, 3.63) is 0 Å². The highest BCUT2D eigenvalue weighted by molar-refractivity contribution is 5.06. The van der Waals surface area contributed by atoms with Gasteiger partial charge in [-0.2, -0.15) is 5.26 Å². The molecule has 0 N–H and O–H groups in total. The Balaban J connectivity index is 1.62. The average molecular weight is 316 g/mol. The van der Waals surface area contributed by atoms with E-state index in [1.54, 1.807) is 0 Å². The van der Waals surface area contributed by atoms with Crippen molar-refractivity contribution in [3.63, 3.8) is 0 Å². The summed E-state index contributed by atoms with van der Waals surface area (Å²) in [6.07, 6.45) is 17.7. The fraction of sp³-hybridized carbons (Fsp3) is 0.955. The zero-order valence-corrected chi connectivity index (χ0v) is 15.5. The normalized spacial score (nSPS) is 43.3. The molecule has 3 aliphatic rings. The highest BCUT2D eigenvalue weighted by Crippen LogP contribution is 2.57. The molecule has 0 aromatic carbocycles. The first kappa shape index (κ1) is 17.3. The lowest BCUT2D eigenvalue weighted by atomic mass is 9.52. The molecule has 0 radical (unpaired) electrons. The lowest BCUT2D eigenvalue weighted by Crippen LogP contribution is -2.44. The van der Waals surface area contributed by atoms with E-state index < -0.39 is 0 Å². The van der Waals surface area contributed by atoms with Crippen molar-refractivity contribution >= 4 is 0 Å². The van der Waals surface area contributed by atoms with Crippen molar-refractivity contribution in [3.8, 4) is 6.07 Å². The van der Waals surface area contributed by atoms with Gasteiger partial charge >= 0.3 is 0 Å². The number of hydrogen-bond acceptors (Lipinski definition) is 1. The van der Waals surface area contributed by atoms with Gasteiger partial charge in [0.05, 0.1) is 11.5 Å². The Bertz CT molecular complexity index is 422.